The fourth-order valence-electron chi connectivity index (χ4n) is 7.45. The van der Waals surface area contributed by atoms with Crippen molar-refractivity contribution in [3.8, 4) is 0 Å². The predicted octanol–water partition coefficient (Wildman–Crippen LogP) is 8.58. The lowest BCUT2D eigenvalue weighted by molar-refractivity contribution is 0.0267. The summed E-state index contributed by atoms with van der Waals surface area (Å²) < 4.78 is 63.4. The van der Waals surface area contributed by atoms with Crippen molar-refractivity contribution in [2.45, 2.75) is 61.1 Å². The monoisotopic (exact) mass is 814 g/mol. The molecule has 0 aromatic heterocycles. The number of nitrogens with zero attached hydrogens (tertiary/aromatic N) is 3. The number of carbonyl (C=O) groups excluding carboxylic acids is 1. The second-order valence-corrected chi connectivity index (χ2v) is 18.3. The van der Waals surface area contributed by atoms with Crippen LogP contribution in [-0.4, -0.2) is 69.8 Å². The molecule has 2 fully saturated rings. The van der Waals surface area contributed by atoms with Crippen molar-refractivity contribution < 1.29 is 26.4 Å². The zero-order valence-corrected chi connectivity index (χ0v) is 31.6. The molecule has 48 heavy (non-hydrogen) atoms. The summed E-state index contributed by atoms with van der Waals surface area (Å²) in [7, 11) is -8.19. The molecule has 9 nitrogen and oxygen atoms in total. The van der Waals surface area contributed by atoms with Crippen molar-refractivity contribution >= 4 is 101 Å². The van der Waals surface area contributed by atoms with E-state index in [4.69, 9.17) is 74.3 Å². The number of aryl methyl sites for hydroxylation is 1. The van der Waals surface area contributed by atoms with Crippen molar-refractivity contribution in [3.63, 3.8) is 0 Å². The van der Waals surface area contributed by atoms with Crippen LogP contribution in [0.15, 0.2) is 52.3 Å². The smallest absolute Gasteiger partial charge is 0.415 e. The van der Waals surface area contributed by atoms with Crippen LogP contribution in [0.4, 0.5) is 10.5 Å². The van der Waals surface area contributed by atoms with Crippen LogP contribution in [0.3, 0.4) is 0 Å². The molecule has 3 aromatic rings. The minimum absolute atomic E-state index is 0.0785. The summed E-state index contributed by atoms with van der Waals surface area (Å²) in [4.78, 5) is 13.8. The van der Waals surface area contributed by atoms with Crippen LogP contribution in [0.1, 0.15) is 36.8 Å². The van der Waals surface area contributed by atoms with E-state index in [-0.39, 0.29) is 89.3 Å². The van der Waals surface area contributed by atoms with Gasteiger partial charge in [-0.15, -0.1) is 0 Å². The largest absolute Gasteiger partial charge is 0.522 e. The number of rotatable bonds is 6. The number of benzene rings is 3. The van der Waals surface area contributed by atoms with Crippen molar-refractivity contribution in [2.75, 3.05) is 26.2 Å². The number of quaternary nitrogens is 1. The summed E-state index contributed by atoms with van der Waals surface area (Å²) in [5, 5.41) is 0.112. The molecule has 0 spiro atoms. The van der Waals surface area contributed by atoms with E-state index in [2.05, 4.69) is 0 Å². The molecule has 0 bridgehead atoms. The highest BCUT2D eigenvalue weighted by Crippen LogP contribution is 2.47. The molecule has 3 heterocycles. The van der Waals surface area contributed by atoms with Gasteiger partial charge in [0, 0.05) is 67.5 Å². The Balaban J connectivity index is 1.33. The second-order valence-electron chi connectivity index (χ2n) is 12.1. The van der Waals surface area contributed by atoms with E-state index in [9.17, 15) is 21.6 Å². The van der Waals surface area contributed by atoms with Crippen LogP contribution in [0.2, 0.25) is 30.1 Å². The van der Waals surface area contributed by atoms with Gasteiger partial charge in [-0.1, -0.05) is 81.7 Å². The van der Waals surface area contributed by atoms with Gasteiger partial charge in [-0.3, -0.25) is 0 Å². The van der Waals surface area contributed by atoms with Gasteiger partial charge in [0.1, 0.15) is 28.5 Å². The lowest BCUT2D eigenvalue weighted by atomic mass is 9.89. The molecule has 17 heteroatoms. The zero-order chi connectivity index (χ0) is 34.8. The van der Waals surface area contributed by atoms with Gasteiger partial charge in [0.05, 0.1) is 25.7 Å². The number of hydrogen-bond donors (Lipinski definition) is 0. The summed E-state index contributed by atoms with van der Waals surface area (Å²) >= 11 is 37.3. The van der Waals surface area contributed by atoms with Gasteiger partial charge in [-0.2, -0.15) is 17.9 Å². The molecular formula is C31H30Cl6N3O6S2+. The van der Waals surface area contributed by atoms with E-state index in [1.165, 1.54) is 32.9 Å². The number of fused-ring (bicyclic) bond motifs is 1. The summed E-state index contributed by atoms with van der Waals surface area (Å²) in [6.45, 7) is 2.43. The number of sulfonamides is 2. The molecule has 258 valence electrons. The van der Waals surface area contributed by atoms with E-state index < -0.39 is 26.1 Å². The van der Waals surface area contributed by atoms with Crippen LogP contribution >= 0.6 is 69.6 Å². The van der Waals surface area contributed by atoms with E-state index in [0.29, 0.717) is 25.7 Å². The molecule has 3 aliphatic rings. The topological polar surface area (TPSA) is 101 Å². The Labute approximate surface area is 309 Å². The number of para-hydroxylation sites is 1. The average Bonchev–Trinajstić information content (AvgIpc) is 3.00. The maximum absolute atomic E-state index is 14.3. The Kier molecular flexibility index (Phi) is 10.4. The molecule has 0 radical (unpaired) electrons. The minimum atomic E-state index is -4.10. The van der Waals surface area contributed by atoms with Crippen molar-refractivity contribution in [1.82, 2.24) is 13.1 Å². The fourth-order valence-corrected chi connectivity index (χ4v) is 13.4. The van der Waals surface area contributed by atoms with Gasteiger partial charge in [0.15, 0.2) is 5.69 Å². The summed E-state index contributed by atoms with van der Waals surface area (Å²) in [6, 6.07) is 10.4. The first-order chi connectivity index (χ1) is 22.6. The SMILES string of the molecule is Cc1cccc2c1[N+](C1CCN(S(=O)(=O)c3c(Cl)cc(Cl)cc3Cl)CC1)(C1CCN(S(=O)(=O)c3c(Cl)cc(Cl)cc3Cl)CC1)C(=O)OC2. The third-order valence-corrected chi connectivity index (χ3v) is 15.5. The second kappa shape index (κ2) is 13.7. The van der Waals surface area contributed by atoms with Gasteiger partial charge in [-0.25, -0.2) is 16.8 Å². The van der Waals surface area contributed by atoms with Gasteiger partial charge >= 0.3 is 6.09 Å². The number of ether oxygens (including phenoxy) is 1. The number of piperidine rings is 2. The van der Waals surface area contributed by atoms with Crippen LogP contribution in [0.25, 0.3) is 0 Å². The van der Waals surface area contributed by atoms with E-state index in [1.807, 2.05) is 25.1 Å². The first kappa shape index (κ1) is 36.4. The maximum Gasteiger partial charge on any atom is 0.522 e. The molecule has 0 unspecified atom stereocenters. The third-order valence-electron chi connectivity index (χ3n) is 9.47. The van der Waals surface area contributed by atoms with Crippen molar-refractivity contribution in [2.24, 2.45) is 0 Å². The zero-order valence-electron chi connectivity index (χ0n) is 25.4. The Morgan fingerprint density at radius 1 is 0.688 bits per heavy atom. The first-order valence-corrected chi connectivity index (χ1v) is 20.2. The summed E-state index contributed by atoms with van der Waals surface area (Å²) in [6.07, 6.45) is 0.838. The number of amides is 1. The Morgan fingerprint density at radius 2 is 1.08 bits per heavy atom. The highest BCUT2D eigenvalue weighted by Gasteiger charge is 2.59. The molecule has 6 rings (SSSR count). The quantitative estimate of drug-likeness (QED) is 0.231. The molecule has 0 N–H and O–H groups in total. The van der Waals surface area contributed by atoms with Gasteiger partial charge in [0.25, 0.3) is 0 Å². The van der Waals surface area contributed by atoms with Crippen LogP contribution in [0, 0.1) is 6.92 Å². The Bertz CT molecular complexity index is 1860. The minimum Gasteiger partial charge on any atom is -0.415 e. The molecule has 3 aliphatic heterocycles. The summed E-state index contributed by atoms with van der Waals surface area (Å²) in [5.74, 6) is 0. The normalized spacial score (nSPS) is 20.0. The number of halogens is 6. The predicted molar refractivity (Wildman–Crippen MR) is 190 cm³/mol. The first-order valence-electron chi connectivity index (χ1n) is 15.0. The standard InChI is InChI=1S/C31H30Cl6N3O6S2/c1-18-3-2-4-19-17-46-31(41)40(28(18)19,22-5-9-38(10-6-22)47(42,43)29-24(34)13-20(32)14-25(29)35)23-7-11-39(12-8-23)48(44,45)30-26(36)15-21(33)16-27(30)37/h2-4,13-16,22-23H,5-12,17H2,1H3/q+1. The van der Waals surface area contributed by atoms with Crippen LogP contribution in [0.5, 0.6) is 0 Å². The molecule has 0 aliphatic carbocycles. The van der Waals surface area contributed by atoms with Crippen LogP contribution < -0.4 is 4.48 Å². The lowest BCUT2D eigenvalue weighted by Gasteiger charge is -2.52. The van der Waals surface area contributed by atoms with Crippen molar-refractivity contribution in [1.29, 1.82) is 0 Å². The van der Waals surface area contributed by atoms with Gasteiger partial charge in [0.2, 0.25) is 20.0 Å². The third kappa shape index (κ3) is 6.15. The number of cyclic esters (lactones) is 1. The molecule has 1 amide bonds. The molecular weight excluding hydrogens is 787 g/mol. The highest BCUT2D eigenvalue weighted by molar-refractivity contribution is 7.89. The maximum atomic E-state index is 14.3. The fraction of sp³-hybridized carbons (Fsp3) is 0.387. The molecule has 0 atom stereocenters. The molecule has 2 saturated heterocycles. The van der Waals surface area contributed by atoms with Gasteiger partial charge < -0.3 is 4.74 Å². The average molecular weight is 817 g/mol. The van der Waals surface area contributed by atoms with Crippen LogP contribution in [-0.2, 0) is 31.4 Å². The Hall–Kier alpha value is -1.35. The lowest BCUT2D eigenvalue weighted by Crippen LogP contribution is -2.71. The number of carbonyl (C=O) groups is 1. The molecule has 0 saturated carbocycles. The van der Waals surface area contributed by atoms with E-state index in [1.54, 1.807) is 0 Å². The highest BCUT2D eigenvalue weighted by atomic mass is 35.5. The van der Waals surface area contributed by atoms with E-state index >= 15 is 0 Å². The number of hydrogen-bond acceptors (Lipinski definition) is 6. The van der Waals surface area contributed by atoms with Crippen molar-refractivity contribution in [3.05, 3.63) is 83.7 Å². The Morgan fingerprint density at radius 3 is 1.48 bits per heavy atom. The summed E-state index contributed by atoms with van der Waals surface area (Å²) in [5.41, 5.74) is 2.58. The van der Waals surface area contributed by atoms with E-state index in [0.717, 1.165) is 16.8 Å². The molecule has 3 aromatic carbocycles. The van der Waals surface area contributed by atoms with Gasteiger partial charge in [-0.05, 0) is 37.3 Å².